The van der Waals surface area contributed by atoms with Crippen LogP contribution in [-0.2, 0) is 16.1 Å². The zero-order valence-corrected chi connectivity index (χ0v) is 12.0. The molecule has 2 rings (SSSR count). The normalized spacial score (nSPS) is 10.7. The average molecular weight is 292 g/mol. The maximum atomic E-state index is 10.7. The number of thioether (sulfide) groups is 1. The van der Waals surface area contributed by atoms with Crippen molar-refractivity contribution in [3.8, 4) is 11.3 Å². The second-order valence-corrected chi connectivity index (χ2v) is 5.06. The van der Waals surface area contributed by atoms with Crippen LogP contribution in [0.25, 0.3) is 11.3 Å². The molecule has 6 heteroatoms. The van der Waals surface area contributed by atoms with Gasteiger partial charge in [0, 0.05) is 13.7 Å². The van der Waals surface area contributed by atoms with Gasteiger partial charge < -0.3 is 14.4 Å². The molecule has 1 heterocycles. The van der Waals surface area contributed by atoms with E-state index in [1.165, 1.54) is 11.8 Å². The lowest BCUT2D eigenvalue weighted by Crippen LogP contribution is -2.08. The molecule has 0 bridgehead atoms. The molecule has 0 spiro atoms. The van der Waals surface area contributed by atoms with Crippen LogP contribution < -0.4 is 0 Å². The minimum atomic E-state index is -0.849. The Kier molecular flexibility index (Phi) is 5.20. The van der Waals surface area contributed by atoms with Crippen molar-refractivity contribution in [1.82, 2.24) is 9.55 Å². The first-order valence-electron chi connectivity index (χ1n) is 6.17. The molecule has 0 saturated heterocycles. The highest BCUT2D eigenvalue weighted by molar-refractivity contribution is 7.99. The number of rotatable bonds is 7. The predicted molar refractivity (Wildman–Crippen MR) is 77.9 cm³/mol. The van der Waals surface area contributed by atoms with Crippen molar-refractivity contribution in [3.05, 3.63) is 36.5 Å². The van der Waals surface area contributed by atoms with E-state index in [-0.39, 0.29) is 5.75 Å². The van der Waals surface area contributed by atoms with Gasteiger partial charge in [0.05, 0.1) is 24.3 Å². The summed E-state index contributed by atoms with van der Waals surface area (Å²) >= 11 is 1.22. The van der Waals surface area contributed by atoms with Crippen LogP contribution in [-0.4, -0.2) is 40.1 Å². The van der Waals surface area contributed by atoms with Crippen LogP contribution in [0.2, 0.25) is 0 Å². The van der Waals surface area contributed by atoms with E-state index in [0.717, 1.165) is 11.3 Å². The van der Waals surface area contributed by atoms with E-state index in [9.17, 15) is 4.79 Å². The van der Waals surface area contributed by atoms with E-state index in [4.69, 9.17) is 9.84 Å². The smallest absolute Gasteiger partial charge is 0.313 e. The summed E-state index contributed by atoms with van der Waals surface area (Å²) < 4.78 is 7.10. The second kappa shape index (κ2) is 7.12. The molecular weight excluding hydrogens is 276 g/mol. The third-order valence-corrected chi connectivity index (χ3v) is 3.71. The molecule has 0 atom stereocenters. The Morgan fingerprint density at radius 1 is 1.40 bits per heavy atom. The number of hydrogen-bond acceptors (Lipinski definition) is 4. The highest BCUT2D eigenvalue weighted by Gasteiger charge is 2.13. The molecule has 0 unspecified atom stereocenters. The molecular formula is C14H16N2O3S. The number of aliphatic carboxylic acids is 1. The van der Waals surface area contributed by atoms with Gasteiger partial charge in [0.25, 0.3) is 0 Å². The van der Waals surface area contributed by atoms with Gasteiger partial charge in [-0.15, -0.1) is 0 Å². The maximum absolute atomic E-state index is 10.7. The van der Waals surface area contributed by atoms with Crippen molar-refractivity contribution in [3.63, 3.8) is 0 Å². The number of benzene rings is 1. The Labute approximate surface area is 121 Å². The van der Waals surface area contributed by atoms with E-state index in [0.29, 0.717) is 18.3 Å². The fraction of sp³-hybridized carbons (Fsp3) is 0.286. The van der Waals surface area contributed by atoms with Gasteiger partial charge >= 0.3 is 5.97 Å². The van der Waals surface area contributed by atoms with Gasteiger partial charge in [-0.1, -0.05) is 42.1 Å². The highest BCUT2D eigenvalue weighted by atomic mass is 32.2. The summed E-state index contributed by atoms with van der Waals surface area (Å²) in [6.07, 6.45) is 1.77. The second-order valence-electron chi connectivity index (χ2n) is 4.12. The number of ether oxygens (including phenoxy) is 1. The molecule has 1 aromatic heterocycles. The molecule has 0 aliphatic carbocycles. The molecule has 0 fully saturated rings. The van der Waals surface area contributed by atoms with Crippen LogP contribution in [0.3, 0.4) is 0 Å². The predicted octanol–water partition coefficient (Wildman–Crippen LogP) is 2.37. The number of imidazole rings is 1. The van der Waals surface area contributed by atoms with Crippen LogP contribution in [0.1, 0.15) is 0 Å². The molecule has 106 valence electrons. The largest absolute Gasteiger partial charge is 0.481 e. The number of aromatic nitrogens is 2. The molecule has 5 nitrogen and oxygen atoms in total. The lowest BCUT2D eigenvalue weighted by atomic mass is 10.2. The number of carboxylic acid groups (broad SMARTS) is 1. The standard InChI is InChI=1S/C14H16N2O3S/c1-19-8-7-16-12(11-5-3-2-4-6-11)9-15-14(16)20-10-13(17)18/h2-6,9H,7-8,10H2,1H3,(H,17,18). The van der Waals surface area contributed by atoms with Crippen molar-refractivity contribution < 1.29 is 14.6 Å². The monoisotopic (exact) mass is 292 g/mol. The summed E-state index contributed by atoms with van der Waals surface area (Å²) in [6.45, 7) is 1.19. The molecule has 0 saturated carbocycles. The average Bonchev–Trinajstić information content (AvgIpc) is 2.86. The van der Waals surface area contributed by atoms with Crippen LogP contribution >= 0.6 is 11.8 Å². The third kappa shape index (κ3) is 3.61. The van der Waals surface area contributed by atoms with Gasteiger partial charge in [0.2, 0.25) is 0 Å². The van der Waals surface area contributed by atoms with E-state index >= 15 is 0 Å². The summed E-state index contributed by atoms with van der Waals surface area (Å²) in [5.41, 5.74) is 2.02. The van der Waals surface area contributed by atoms with Crippen molar-refractivity contribution >= 4 is 17.7 Å². The maximum Gasteiger partial charge on any atom is 0.313 e. The van der Waals surface area contributed by atoms with Gasteiger partial charge in [-0.2, -0.15) is 0 Å². The van der Waals surface area contributed by atoms with Gasteiger partial charge in [0.1, 0.15) is 0 Å². The summed E-state index contributed by atoms with van der Waals surface area (Å²) in [4.78, 5) is 15.0. The van der Waals surface area contributed by atoms with Crippen molar-refractivity contribution in [2.45, 2.75) is 11.7 Å². The molecule has 20 heavy (non-hydrogen) atoms. The van der Waals surface area contributed by atoms with Gasteiger partial charge in [-0.25, -0.2) is 4.98 Å². The fourth-order valence-corrected chi connectivity index (χ4v) is 2.56. The Morgan fingerprint density at radius 2 is 2.15 bits per heavy atom. The van der Waals surface area contributed by atoms with Crippen molar-refractivity contribution in [2.75, 3.05) is 19.5 Å². The molecule has 0 aliphatic rings. The Morgan fingerprint density at radius 3 is 2.80 bits per heavy atom. The lowest BCUT2D eigenvalue weighted by molar-refractivity contribution is -0.133. The minimum Gasteiger partial charge on any atom is -0.481 e. The van der Waals surface area contributed by atoms with Crippen LogP contribution in [0.4, 0.5) is 0 Å². The first kappa shape index (κ1) is 14.6. The van der Waals surface area contributed by atoms with E-state index in [1.54, 1.807) is 13.3 Å². The molecule has 0 aliphatic heterocycles. The molecule has 1 aromatic carbocycles. The van der Waals surface area contributed by atoms with Crippen molar-refractivity contribution in [2.24, 2.45) is 0 Å². The highest BCUT2D eigenvalue weighted by Crippen LogP contribution is 2.25. The van der Waals surface area contributed by atoms with Crippen molar-refractivity contribution in [1.29, 1.82) is 0 Å². The molecule has 0 amide bonds. The van der Waals surface area contributed by atoms with Crippen LogP contribution in [0, 0.1) is 0 Å². The number of nitrogens with zero attached hydrogens (tertiary/aromatic N) is 2. The van der Waals surface area contributed by atoms with E-state index in [2.05, 4.69) is 4.98 Å². The first-order chi connectivity index (χ1) is 9.72. The number of carbonyl (C=O) groups is 1. The van der Waals surface area contributed by atoms with Crippen LogP contribution in [0.5, 0.6) is 0 Å². The molecule has 1 N–H and O–H groups in total. The first-order valence-corrected chi connectivity index (χ1v) is 7.15. The fourth-order valence-electron chi connectivity index (χ4n) is 1.84. The Bertz CT molecular complexity index is 569. The van der Waals surface area contributed by atoms with Gasteiger partial charge in [-0.3, -0.25) is 4.79 Å². The summed E-state index contributed by atoms with van der Waals surface area (Å²) in [7, 11) is 1.64. The summed E-state index contributed by atoms with van der Waals surface area (Å²) in [5, 5.41) is 9.48. The summed E-state index contributed by atoms with van der Waals surface area (Å²) in [5.74, 6) is -0.851. The zero-order chi connectivity index (χ0) is 14.4. The number of carboxylic acids is 1. The molecule has 0 radical (unpaired) electrons. The Balaban J connectivity index is 2.29. The third-order valence-electron chi connectivity index (χ3n) is 2.73. The SMILES string of the molecule is COCCn1c(-c2ccccc2)cnc1SCC(=O)O. The summed E-state index contributed by atoms with van der Waals surface area (Å²) in [6, 6.07) is 9.90. The topological polar surface area (TPSA) is 64.4 Å². The van der Waals surface area contributed by atoms with Gasteiger partial charge in [-0.05, 0) is 5.56 Å². The molecule has 2 aromatic rings. The quantitative estimate of drug-likeness (QED) is 0.794. The lowest BCUT2D eigenvalue weighted by Gasteiger charge is -2.10. The van der Waals surface area contributed by atoms with E-state index < -0.39 is 5.97 Å². The number of methoxy groups -OCH3 is 1. The minimum absolute atomic E-state index is 0.00176. The van der Waals surface area contributed by atoms with E-state index in [1.807, 2.05) is 34.9 Å². The van der Waals surface area contributed by atoms with Gasteiger partial charge in [0.15, 0.2) is 5.16 Å². The zero-order valence-electron chi connectivity index (χ0n) is 11.2. The van der Waals surface area contributed by atoms with Crippen LogP contribution in [0.15, 0.2) is 41.7 Å². The Hall–Kier alpha value is -1.79. The number of hydrogen-bond donors (Lipinski definition) is 1.